The molecule has 0 unspecified atom stereocenters. The summed E-state index contributed by atoms with van der Waals surface area (Å²) >= 11 is 0. The van der Waals surface area contributed by atoms with Crippen molar-refractivity contribution >= 4 is 22.7 Å². The first-order valence-electron chi connectivity index (χ1n) is 6.45. The van der Waals surface area contributed by atoms with Gasteiger partial charge in [-0.2, -0.15) is 4.98 Å². The molecule has 6 heteroatoms. The number of nitrogens with zero attached hydrogens (tertiary/aromatic N) is 3. The maximum atomic E-state index is 11.9. The summed E-state index contributed by atoms with van der Waals surface area (Å²) in [6.45, 7) is 0.151. The highest BCUT2D eigenvalue weighted by Crippen LogP contribution is 2.15. The lowest BCUT2D eigenvalue weighted by atomic mass is 10.3. The molecule has 0 atom stereocenters. The second-order valence-electron chi connectivity index (χ2n) is 4.48. The van der Waals surface area contributed by atoms with Crippen molar-refractivity contribution in [1.82, 2.24) is 14.5 Å². The third-order valence-electron chi connectivity index (χ3n) is 3.01. The van der Waals surface area contributed by atoms with Crippen LogP contribution in [0.15, 0.2) is 53.5 Å². The van der Waals surface area contributed by atoms with Crippen molar-refractivity contribution in [2.75, 3.05) is 12.4 Å². The van der Waals surface area contributed by atoms with E-state index in [4.69, 9.17) is 4.74 Å². The molecule has 3 rings (SSSR count). The molecule has 0 bridgehead atoms. The van der Waals surface area contributed by atoms with E-state index in [1.807, 2.05) is 30.3 Å². The Kier molecular flexibility index (Phi) is 3.61. The number of aromatic nitrogens is 3. The van der Waals surface area contributed by atoms with Crippen LogP contribution < -0.4 is 10.9 Å². The van der Waals surface area contributed by atoms with Crippen molar-refractivity contribution in [2.45, 2.75) is 6.73 Å². The highest BCUT2D eigenvalue weighted by Gasteiger charge is 2.06. The molecule has 21 heavy (non-hydrogen) atoms. The second-order valence-corrected chi connectivity index (χ2v) is 4.48. The lowest BCUT2D eigenvalue weighted by Crippen LogP contribution is -2.21. The third kappa shape index (κ3) is 2.75. The van der Waals surface area contributed by atoms with Gasteiger partial charge in [-0.3, -0.25) is 9.36 Å². The first-order chi connectivity index (χ1) is 10.3. The number of benzene rings is 1. The minimum absolute atomic E-state index is 0.151. The van der Waals surface area contributed by atoms with E-state index in [2.05, 4.69) is 15.3 Å². The number of hydrogen-bond acceptors (Lipinski definition) is 5. The Labute approximate surface area is 121 Å². The summed E-state index contributed by atoms with van der Waals surface area (Å²) in [5, 5.41) is 3.89. The molecule has 0 aliphatic heterocycles. The van der Waals surface area contributed by atoms with Crippen molar-refractivity contribution in [3.63, 3.8) is 0 Å². The van der Waals surface area contributed by atoms with Gasteiger partial charge in [0.15, 0.2) is 0 Å². The minimum atomic E-state index is -0.159. The van der Waals surface area contributed by atoms with Crippen molar-refractivity contribution in [3.8, 4) is 0 Å². The summed E-state index contributed by atoms with van der Waals surface area (Å²) in [7, 11) is 1.54. The molecule has 0 fully saturated rings. The molecule has 2 heterocycles. The molecule has 2 aromatic heterocycles. The van der Waals surface area contributed by atoms with Crippen LogP contribution in [0.25, 0.3) is 11.0 Å². The van der Waals surface area contributed by atoms with Crippen LogP contribution in [0.3, 0.4) is 0 Å². The van der Waals surface area contributed by atoms with Crippen LogP contribution in [0, 0.1) is 0 Å². The van der Waals surface area contributed by atoms with Gasteiger partial charge < -0.3 is 10.1 Å². The van der Waals surface area contributed by atoms with Gasteiger partial charge in [0.25, 0.3) is 5.56 Å². The van der Waals surface area contributed by atoms with Crippen LogP contribution in [0.4, 0.5) is 11.6 Å². The minimum Gasteiger partial charge on any atom is -0.364 e. The molecule has 106 valence electrons. The summed E-state index contributed by atoms with van der Waals surface area (Å²) in [6, 6.07) is 12.8. The monoisotopic (exact) mass is 282 g/mol. The number of fused-ring (bicyclic) bond motifs is 1. The Balaban J connectivity index is 2.06. The Bertz CT molecular complexity index is 815. The maximum Gasteiger partial charge on any atom is 0.254 e. The maximum absolute atomic E-state index is 11.9. The number of pyridine rings is 1. The fourth-order valence-electron chi connectivity index (χ4n) is 2.04. The molecule has 3 aromatic rings. The molecule has 1 N–H and O–H groups in total. The van der Waals surface area contributed by atoms with Crippen molar-refractivity contribution in [1.29, 1.82) is 0 Å². The largest absolute Gasteiger partial charge is 0.364 e. The predicted molar refractivity (Wildman–Crippen MR) is 80.5 cm³/mol. The summed E-state index contributed by atoms with van der Waals surface area (Å²) in [6.07, 6.45) is 1.68. The first-order valence-corrected chi connectivity index (χ1v) is 6.45. The van der Waals surface area contributed by atoms with Crippen LogP contribution >= 0.6 is 0 Å². The number of methoxy groups -OCH3 is 1. The highest BCUT2D eigenvalue weighted by atomic mass is 16.5. The first kappa shape index (κ1) is 13.3. The van der Waals surface area contributed by atoms with Crippen LogP contribution in [0.5, 0.6) is 0 Å². The standard InChI is InChI=1S/C15H14N4O2/c1-21-10-19-13(20)8-7-11-9-16-15(18-14(11)19)17-12-5-3-2-4-6-12/h2-9H,10H2,1H3,(H,16,17,18). The molecular formula is C15H14N4O2. The van der Waals surface area contributed by atoms with Crippen molar-refractivity contribution in [3.05, 3.63) is 59.0 Å². The fourth-order valence-corrected chi connectivity index (χ4v) is 2.04. The second kappa shape index (κ2) is 5.72. The number of hydrogen-bond donors (Lipinski definition) is 1. The molecule has 0 saturated heterocycles. The Morgan fingerprint density at radius 1 is 1.19 bits per heavy atom. The van der Waals surface area contributed by atoms with E-state index in [1.54, 1.807) is 12.3 Å². The van der Waals surface area contributed by atoms with E-state index in [0.29, 0.717) is 11.6 Å². The van der Waals surface area contributed by atoms with Gasteiger partial charge in [0.1, 0.15) is 12.4 Å². The molecule has 0 aliphatic rings. The average Bonchev–Trinajstić information content (AvgIpc) is 2.51. The Hall–Kier alpha value is -2.73. The van der Waals surface area contributed by atoms with E-state index < -0.39 is 0 Å². The van der Waals surface area contributed by atoms with E-state index in [9.17, 15) is 4.79 Å². The Morgan fingerprint density at radius 2 is 2.00 bits per heavy atom. The van der Waals surface area contributed by atoms with Crippen LogP contribution in [-0.2, 0) is 11.5 Å². The molecule has 0 saturated carbocycles. The Morgan fingerprint density at radius 3 is 2.76 bits per heavy atom. The van der Waals surface area contributed by atoms with E-state index in [-0.39, 0.29) is 12.3 Å². The number of rotatable bonds is 4. The summed E-state index contributed by atoms with van der Waals surface area (Å²) < 4.78 is 6.52. The normalized spacial score (nSPS) is 10.7. The van der Waals surface area contributed by atoms with Gasteiger partial charge in [-0.25, -0.2) is 4.98 Å². The molecule has 0 amide bonds. The van der Waals surface area contributed by atoms with Gasteiger partial charge in [0, 0.05) is 30.4 Å². The van der Waals surface area contributed by atoms with Gasteiger partial charge in [0.2, 0.25) is 5.95 Å². The molecule has 1 aromatic carbocycles. The number of ether oxygens (including phenoxy) is 1. The van der Waals surface area contributed by atoms with Gasteiger partial charge in [0.05, 0.1) is 0 Å². The molecule has 0 spiro atoms. The SMILES string of the molecule is COCn1c(=O)ccc2cnc(Nc3ccccc3)nc21. The van der Waals surface area contributed by atoms with Gasteiger partial charge in [-0.1, -0.05) is 18.2 Å². The van der Waals surface area contributed by atoms with Crippen LogP contribution in [-0.4, -0.2) is 21.6 Å². The molecular weight excluding hydrogens is 268 g/mol. The zero-order valence-electron chi connectivity index (χ0n) is 11.5. The number of nitrogens with one attached hydrogen (secondary N) is 1. The predicted octanol–water partition coefficient (Wildman–Crippen LogP) is 2.14. The summed E-state index contributed by atoms with van der Waals surface area (Å²) in [4.78, 5) is 20.6. The van der Waals surface area contributed by atoms with Crippen molar-refractivity contribution in [2.24, 2.45) is 0 Å². The van der Waals surface area contributed by atoms with Gasteiger partial charge >= 0.3 is 0 Å². The van der Waals surface area contributed by atoms with Gasteiger partial charge in [-0.05, 0) is 18.2 Å². The average molecular weight is 282 g/mol. The van der Waals surface area contributed by atoms with E-state index in [1.165, 1.54) is 17.7 Å². The fraction of sp³-hybridized carbons (Fsp3) is 0.133. The zero-order chi connectivity index (χ0) is 14.7. The highest BCUT2D eigenvalue weighted by molar-refractivity contribution is 5.75. The zero-order valence-corrected chi connectivity index (χ0v) is 11.5. The smallest absolute Gasteiger partial charge is 0.254 e. The molecule has 6 nitrogen and oxygen atoms in total. The lowest BCUT2D eigenvalue weighted by Gasteiger charge is -2.09. The van der Waals surface area contributed by atoms with E-state index >= 15 is 0 Å². The summed E-state index contributed by atoms with van der Waals surface area (Å²) in [5.74, 6) is 0.434. The van der Waals surface area contributed by atoms with Gasteiger partial charge in [-0.15, -0.1) is 0 Å². The lowest BCUT2D eigenvalue weighted by molar-refractivity contribution is 0.131. The summed E-state index contributed by atoms with van der Waals surface area (Å²) in [5.41, 5.74) is 1.26. The molecule has 0 aliphatic carbocycles. The van der Waals surface area contributed by atoms with Crippen molar-refractivity contribution < 1.29 is 4.74 Å². The van der Waals surface area contributed by atoms with Crippen LogP contribution in [0.2, 0.25) is 0 Å². The quantitative estimate of drug-likeness (QED) is 0.794. The van der Waals surface area contributed by atoms with Crippen LogP contribution in [0.1, 0.15) is 0 Å². The number of para-hydroxylation sites is 1. The van der Waals surface area contributed by atoms with E-state index in [0.717, 1.165) is 11.1 Å². The third-order valence-corrected chi connectivity index (χ3v) is 3.01. The number of anilines is 2. The topological polar surface area (TPSA) is 69.0 Å². The molecule has 0 radical (unpaired) electrons.